The van der Waals surface area contributed by atoms with Crippen molar-refractivity contribution in [1.82, 2.24) is 24.6 Å². The van der Waals surface area contributed by atoms with Crippen molar-refractivity contribution in [2.75, 3.05) is 18.8 Å². The molecule has 4 heterocycles. The van der Waals surface area contributed by atoms with Crippen molar-refractivity contribution in [1.29, 1.82) is 0 Å². The fourth-order valence-corrected chi connectivity index (χ4v) is 4.94. The monoisotopic (exact) mass is 447 g/mol. The maximum absolute atomic E-state index is 13.4. The number of aromatic nitrogens is 3. The van der Waals surface area contributed by atoms with Crippen molar-refractivity contribution in [3.05, 3.63) is 78.2 Å². The highest BCUT2D eigenvalue weighted by Gasteiger charge is 2.34. The second-order valence-electron chi connectivity index (χ2n) is 7.38. The van der Waals surface area contributed by atoms with Crippen LogP contribution in [-0.2, 0) is 0 Å². The van der Waals surface area contributed by atoms with Crippen molar-refractivity contribution in [3.8, 4) is 11.3 Å². The Morgan fingerprint density at radius 2 is 2.00 bits per heavy atom. The Hall–Kier alpha value is -3.59. The lowest BCUT2D eigenvalue weighted by molar-refractivity contribution is 0.0746. The molecule has 5 rings (SSSR count). The molecule has 1 aliphatic heterocycles. The zero-order valence-electron chi connectivity index (χ0n) is 17.4. The molecule has 4 aromatic rings. The highest BCUT2D eigenvalue weighted by molar-refractivity contribution is 8.00. The fourth-order valence-electron chi connectivity index (χ4n) is 3.79. The lowest BCUT2D eigenvalue weighted by Crippen LogP contribution is -2.42. The summed E-state index contributed by atoms with van der Waals surface area (Å²) in [5, 5.41) is 2.76. The molecule has 1 aliphatic rings. The third kappa shape index (κ3) is 3.75. The summed E-state index contributed by atoms with van der Waals surface area (Å²) in [6.45, 7) is 2.64. The number of rotatable bonds is 5. The van der Waals surface area contributed by atoms with E-state index in [1.165, 1.54) is 0 Å². The van der Waals surface area contributed by atoms with Gasteiger partial charge in [-0.2, -0.15) is 0 Å². The van der Waals surface area contributed by atoms with E-state index in [1.807, 2.05) is 48.5 Å². The molecule has 3 aromatic heterocycles. The number of hydrogen-bond acceptors (Lipinski definition) is 6. The molecule has 1 fully saturated rings. The molecule has 32 heavy (non-hydrogen) atoms. The first-order chi connectivity index (χ1) is 15.6. The number of oxazole rings is 1. The van der Waals surface area contributed by atoms with E-state index in [4.69, 9.17) is 4.42 Å². The Morgan fingerprint density at radius 1 is 1.19 bits per heavy atom. The largest absolute Gasteiger partial charge is 0.440 e. The van der Waals surface area contributed by atoms with Gasteiger partial charge in [0.1, 0.15) is 11.3 Å². The number of amides is 2. The van der Waals surface area contributed by atoms with E-state index in [0.29, 0.717) is 41.8 Å². The molecule has 1 atom stereocenters. The Morgan fingerprint density at radius 3 is 2.84 bits per heavy atom. The first kappa shape index (κ1) is 20.3. The van der Waals surface area contributed by atoms with Gasteiger partial charge >= 0.3 is 0 Å². The SMILES string of the molecule is Cc1nc(C(=O)N2CCSC2CNC(=O)c2cnc3ccccn23)c(-c2ccccc2)o1. The van der Waals surface area contributed by atoms with Crippen LogP contribution in [0.4, 0.5) is 0 Å². The van der Waals surface area contributed by atoms with Crippen molar-refractivity contribution >= 4 is 29.2 Å². The first-order valence-corrected chi connectivity index (χ1v) is 11.3. The maximum atomic E-state index is 13.4. The normalized spacial score (nSPS) is 15.9. The molecule has 8 nitrogen and oxygen atoms in total. The first-order valence-electron chi connectivity index (χ1n) is 10.3. The summed E-state index contributed by atoms with van der Waals surface area (Å²) in [5.74, 6) is 1.28. The third-order valence-electron chi connectivity index (χ3n) is 5.31. The van der Waals surface area contributed by atoms with Crippen LogP contribution in [-0.4, -0.2) is 55.3 Å². The standard InChI is InChI=1S/C23H21N5O3S/c1-15-26-20(21(31-15)16-7-3-2-4-8-16)23(30)28-11-12-32-19(28)14-25-22(29)17-13-24-18-9-5-6-10-27(17)18/h2-10,13,19H,11-12,14H2,1H3,(H,25,29). The van der Waals surface area contributed by atoms with Crippen LogP contribution in [0.15, 0.2) is 65.3 Å². The number of pyridine rings is 1. The smallest absolute Gasteiger partial charge is 0.277 e. The molecule has 9 heteroatoms. The number of hydrogen-bond donors (Lipinski definition) is 1. The van der Waals surface area contributed by atoms with Crippen LogP contribution in [0.25, 0.3) is 17.0 Å². The van der Waals surface area contributed by atoms with Gasteiger partial charge in [0.2, 0.25) is 0 Å². The molecule has 0 bridgehead atoms. The highest BCUT2D eigenvalue weighted by atomic mass is 32.2. The van der Waals surface area contributed by atoms with Crippen LogP contribution < -0.4 is 5.32 Å². The number of nitrogens with zero attached hydrogens (tertiary/aromatic N) is 4. The number of carbonyl (C=O) groups is 2. The maximum Gasteiger partial charge on any atom is 0.277 e. The molecular weight excluding hydrogens is 426 g/mol. The van der Waals surface area contributed by atoms with Gasteiger partial charge in [-0.1, -0.05) is 36.4 Å². The van der Waals surface area contributed by atoms with Crippen molar-refractivity contribution in [2.45, 2.75) is 12.3 Å². The molecule has 1 N–H and O–H groups in total. The molecule has 1 saturated heterocycles. The van der Waals surface area contributed by atoms with E-state index < -0.39 is 0 Å². The number of carbonyl (C=O) groups excluding carboxylic acids is 2. The van der Waals surface area contributed by atoms with E-state index in [1.54, 1.807) is 40.4 Å². The van der Waals surface area contributed by atoms with Crippen LogP contribution in [0.5, 0.6) is 0 Å². The second kappa shape index (κ2) is 8.51. The van der Waals surface area contributed by atoms with Crippen LogP contribution in [0, 0.1) is 6.92 Å². The van der Waals surface area contributed by atoms with E-state index in [9.17, 15) is 9.59 Å². The average molecular weight is 448 g/mol. The summed E-state index contributed by atoms with van der Waals surface area (Å²) < 4.78 is 7.50. The minimum absolute atomic E-state index is 0.189. The minimum atomic E-state index is -0.231. The molecular formula is C23H21N5O3S. The zero-order chi connectivity index (χ0) is 22.1. The van der Waals surface area contributed by atoms with Gasteiger partial charge in [0.25, 0.3) is 11.8 Å². The van der Waals surface area contributed by atoms with Gasteiger partial charge in [0.15, 0.2) is 17.3 Å². The summed E-state index contributed by atoms with van der Waals surface area (Å²) in [5.41, 5.74) is 2.27. The number of imidazole rings is 1. The topological polar surface area (TPSA) is 92.7 Å². The molecule has 0 aliphatic carbocycles. The minimum Gasteiger partial charge on any atom is -0.440 e. The molecule has 0 saturated carbocycles. The quantitative estimate of drug-likeness (QED) is 0.505. The van der Waals surface area contributed by atoms with E-state index >= 15 is 0 Å². The zero-order valence-corrected chi connectivity index (χ0v) is 18.2. The van der Waals surface area contributed by atoms with Crippen LogP contribution in [0.1, 0.15) is 26.9 Å². The number of thioether (sulfide) groups is 1. The third-order valence-corrected chi connectivity index (χ3v) is 6.53. The Kier molecular flexibility index (Phi) is 5.40. The van der Waals surface area contributed by atoms with Gasteiger partial charge in [-0.25, -0.2) is 9.97 Å². The van der Waals surface area contributed by atoms with E-state index in [2.05, 4.69) is 15.3 Å². The summed E-state index contributed by atoms with van der Waals surface area (Å²) in [7, 11) is 0. The van der Waals surface area contributed by atoms with Gasteiger partial charge in [-0.3, -0.25) is 14.0 Å². The molecule has 1 unspecified atom stereocenters. The lowest BCUT2D eigenvalue weighted by Gasteiger charge is -2.23. The van der Waals surface area contributed by atoms with Crippen LogP contribution in [0.3, 0.4) is 0 Å². The predicted octanol–water partition coefficient (Wildman–Crippen LogP) is 3.24. The van der Waals surface area contributed by atoms with Gasteiger partial charge in [0, 0.05) is 37.5 Å². The Labute approximate surface area is 188 Å². The summed E-state index contributed by atoms with van der Waals surface area (Å²) >= 11 is 1.63. The Balaban J connectivity index is 1.32. The van der Waals surface area contributed by atoms with Crippen LogP contribution >= 0.6 is 11.8 Å². The molecule has 0 radical (unpaired) electrons. The highest BCUT2D eigenvalue weighted by Crippen LogP contribution is 2.30. The van der Waals surface area contributed by atoms with Crippen molar-refractivity contribution in [3.63, 3.8) is 0 Å². The summed E-state index contributed by atoms with van der Waals surface area (Å²) in [4.78, 5) is 36.5. The number of nitrogens with one attached hydrogen (secondary N) is 1. The van der Waals surface area contributed by atoms with Crippen molar-refractivity contribution < 1.29 is 14.0 Å². The van der Waals surface area contributed by atoms with Gasteiger partial charge in [0.05, 0.1) is 11.6 Å². The van der Waals surface area contributed by atoms with Gasteiger partial charge < -0.3 is 14.6 Å². The summed E-state index contributed by atoms with van der Waals surface area (Å²) in [6.07, 6.45) is 3.36. The van der Waals surface area contributed by atoms with E-state index in [-0.39, 0.29) is 17.2 Å². The fraction of sp³-hybridized carbons (Fsp3) is 0.217. The summed E-state index contributed by atoms with van der Waals surface area (Å²) in [6, 6.07) is 15.0. The Bertz CT molecular complexity index is 1280. The molecule has 2 amide bonds. The van der Waals surface area contributed by atoms with Crippen LogP contribution in [0.2, 0.25) is 0 Å². The van der Waals surface area contributed by atoms with Gasteiger partial charge in [-0.15, -0.1) is 11.8 Å². The second-order valence-corrected chi connectivity index (χ2v) is 8.67. The number of aryl methyl sites for hydroxylation is 1. The lowest BCUT2D eigenvalue weighted by atomic mass is 10.1. The predicted molar refractivity (Wildman–Crippen MR) is 121 cm³/mol. The van der Waals surface area contributed by atoms with Gasteiger partial charge in [-0.05, 0) is 12.1 Å². The average Bonchev–Trinajstić information content (AvgIpc) is 3.55. The number of fused-ring (bicyclic) bond motifs is 1. The van der Waals surface area contributed by atoms with Crippen molar-refractivity contribution in [2.24, 2.45) is 0 Å². The molecule has 0 spiro atoms. The number of benzene rings is 1. The molecule has 162 valence electrons. The van der Waals surface area contributed by atoms with E-state index in [0.717, 1.165) is 11.3 Å². The molecule has 1 aromatic carbocycles.